The number of aromatic nitrogens is 2. The lowest BCUT2D eigenvalue weighted by Crippen LogP contribution is -2.32. The highest BCUT2D eigenvalue weighted by Gasteiger charge is 2.13. The Morgan fingerprint density at radius 2 is 1.56 bits per heavy atom. The van der Waals surface area contributed by atoms with Gasteiger partial charge >= 0.3 is 0 Å². The normalized spacial score (nSPS) is 12.3. The standard InChI is InChI=1S/C41H47N5O4/c1-28(43-27-38(47)36-17-18-39(44-26-36)46-29(2)11-12-30(46)3)21-33-8-5-9-34(22-33)24-40(48)45-25-32-13-15-35(16-14-32)41(49)42-20-19-31-7-6-10-37(23-31)50-4/h5-18,22-23,26,28,38,43,47H,19-21,24-25,27H2,1-4H3,(H,42,49)(H,45,48)/t28?,38-/m1/s1. The Hall–Kier alpha value is -5.25. The number of aliphatic hydroxyl groups is 1. The fourth-order valence-electron chi connectivity index (χ4n) is 5.95. The van der Waals surface area contributed by atoms with E-state index < -0.39 is 6.10 Å². The van der Waals surface area contributed by atoms with Gasteiger partial charge in [-0.05, 0) is 98.3 Å². The first kappa shape index (κ1) is 36.0. The van der Waals surface area contributed by atoms with Gasteiger partial charge in [-0.1, -0.05) is 54.6 Å². The quantitative estimate of drug-likeness (QED) is 0.109. The minimum Gasteiger partial charge on any atom is -0.497 e. The van der Waals surface area contributed by atoms with Crippen molar-refractivity contribution in [1.29, 1.82) is 0 Å². The van der Waals surface area contributed by atoms with Crippen molar-refractivity contribution in [3.05, 3.63) is 148 Å². The molecule has 2 aromatic heterocycles. The molecule has 9 nitrogen and oxygen atoms in total. The molecule has 5 rings (SSSR count). The van der Waals surface area contributed by atoms with E-state index in [1.165, 1.54) is 0 Å². The van der Waals surface area contributed by atoms with Crippen molar-refractivity contribution in [3.63, 3.8) is 0 Å². The molecule has 2 heterocycles. The Kier molecular flexibility index (Phi) is 12.6. The molecule has 0 aliphatic heterocycles. The number of pyridine rings is 1. The average molecular weight is 674 g/mol. The van der Waals surface area contributed by atoms with E-state index in [9.17, 15) is 14.7 Å². The summed E-state index contributed by atoms with van der Waals surface area (Å²) in [6.45, 7) is 7.48. The van der Waals surface area contributed by atoms with Crippen LogP contribution < -0.4 is 20.7 Å². The summed E-state index contributed by atoms with van der Waals surface area (Å²) in [5.41, 5.74) is 7.64. The minimum absolute atomic E-state index is 0.0717. The van der Waals surface area contributed by atoms with Gasteiger partial charge in [-0.15, -0.1) is 0 Å². The lowest BCUT2D eigenvalue weighted by atomic mass is 10.0. The van der Waals surface area contributed by atoms with Crippen LogP contribution in [0.5, 0.6) is 5.75 Å². The molecule has 50 heavy (non-hydrogen) atoms. The van der Waals surface area contributed by atoms with Crippen LogP contribution in [-0.4, -0.2) is 52.7 Å². The third-order valence-electron chi connectivity index (χ3n) is 8.75. The maximum absolute atomic E-state index is 12.8. The van der Waals surface area contributed by atoms with E-state index in [1.807, 2.05) is 74.5 Å². The van der Waals surface area contributed by atoms with Gasteiger partial charge in [-0.2, -0.15) is 0 Å². The third kappa shape index (κ3) is 10.1. The van der Waals surface area contributed by atoms with Crippen molar-refractivity contribution < 1.29 is 19.4 Å². The SMILES string of the molecule is COc1cccc(CCNC(=O)c2ccc(CNC(=O)Cc3cccc(CC(C)NC[C@@H](O)c4ccc(-n5c(C)ccc5C)nc4)c3)cc2)c1. The zero-order valence-electron chi connectivity index (χ0n) is 29.3. The second-order valence-corrected chi connectivity index (χ2v) is 12.8. The lowest BCUT2D eigenvalue weighted by molar-refractivity contribution is -0.120. The molecule has 2 amide bonds. The second-order valence-electron chi connectivity index (χ2n) is 12.8. The van der Waals surface area contributed by atoms with Crippen molar-refractivity contribution >= 4 is 11.8 Å². The average Bonchev–Trinajstić information content (AvgIpc) is 3.47. The molecule has 9 heteroatoms. The van der Waals surface area contributed by atoms with Crippen molar-refractivity contribution in [2.45, 2.75) is 58.7 Å². The van der Waals surface area contributed by atoms with E-state index in [2.05, 4.69) is 56.7 Å². The number of carbonyl (C=O) groups excluding carboxylic acids is 2. The molecule has 260 valence electrons. The number of carbonyl (C=O) groups is 2. The predicted molar refractivity (Wildman–Crippen MR) is 197 cm³/mol. The first-order valence-corrected chi connectivity index (χ1v) is 17.1. The Labute approximate surface area is 294 Å². The van der Waals surface area contributed by atoms with Crippen LogP contribution in [0, 0.1) is 13.8 Å². The third-order valence-corrected chi connectivity index (χ3v) is 8.75. The molecule has 0 saturated heterocycles. The van der Waals surface area contributed by atoms with Crippen molar-refractivity contribution in [2.24, 2.45) is 0 Å². The zero-order valence-corrected chi connectivity index (χ0v) is 29.3. The van der Waals surface area contributed by atoms with Gasteiger partial charge < -0.3 is 30.4 Å². The van der Waals surface area contributed by atoms with Crippen LogP contribution in [0.25, 0.3) is 5.82 Å². The van der Waals surface area contributed by atoms with Gasteiger partial charge in [0.15, 0.2) is 0 Å². The molecule has 0 spiro atoms. The van der Waals surface area contributed by atoms with Gasteiger partial charge in [-0.3, -0.25) is 9.59 Å². The van der Waals surface area contributed by atoms with Crippen molar-refractivity contribution in [3.8, 4) is 11.6 Å². The number of aryl methyl sites for hydroxylation is 2. The van der Waals surface area contributed by atoms with Gasteiger partial charge in [-0.25, -0.2) is 4.98 Å². The summed E-state index contributed by atoms with van der Waals surface area (Å²) in [5, 5.41) is 20.2. The molecular weight excluding hydrogens is 626 g/mol. The van der Waals surface area contributed by atoms with Crippen LogP contribution in [0.15, 0.2) is 103 Å². The Balaban J connectivity index is 1.02. The highest BCUT2D eigenvalue weighted by molar-refractivity contribution is 5.94. The largest absolute Gasteiger partial charge is 0.497 e. The monoisotopic (exact) mass is 673 g/mol. The fraction of sp³-hybridized carbons (Fsp3) is 0.293. The maximum atomic E-state index is 12.8. The lowest BCUT2D eigenvalue weighted by Gasteiger charge is -2.18. The van der Waals surface area contributed by atoms with Gasteiger partial charge in [0.2, 0.25) is 5.91 Å². The number of amides is 2. The number of methoxy groups -OCH3 is 1. The molecule has 2 atom stereocenters. The van der Waals surface area contributed by atoms with Gasteiger partial charge in [0.1, 0.15) is 11.6 Å². The number of rotatable bonds is 16. The summed E-state index contributed by atoms with van der Waals surface area (Å²) in [5.74, 6) is 1.43. The Bertz CT molecular complexity index is 1850. The number of benzene rings is 3. The predicted octanol–water partition coefficient (Wildman–Crippen LogP) is 5.58. The number of nitrogens with one attached hydrogen (secondary N) is 3. The summed E-state index contributed by atoms with van der Waals surface area (Å²) in [7, 11) is 1.64. The van der Waals surface area contributed by atoms with Crippen molar-refractivity contribution in [2.75, 3.05) is 20.2 Å². The van der Waals surface area contributed by atoms with Crippen LogP contribution in [0.3, 0.4) is 0 Å². The van der Waals surface area contributed by atoms with Crippen LogP contribution in [-0.2, 0) is 30.6 Å². The first-order valence-electron chi connectivity index (χ1n) is 17.1. The summed E-state index contributed by atoms with van der Waals surface area (Å²) in [6.07, 6.45) is 2.80. The number of nitrogens with zero attached hydrogens (tertiary/aromatic N) is 2. The van der Waals surface area contributed by atoms with Crippen LogP contribution in [0.2, 0.25) is 0 Å². The number of ether oxygens (including phenoxy) is 1. The Morgan fingerprint density at radius 1 is 0.840 bits per heavy atom. The molecule has 1 unspecified atom stereocenters. The highest BCUT2D eigenvalue weighted by Crippen LogP contribution is 2.18. The van der Waals surface area contributed by atoms with E-state index in [0.717, 1.165) is 57.2 Å². The first-order chi connectivity index (χ1) is 24.2. The number of hydrogen-bond acceptors (Lipinski definition) is 6. The van der Waals surface area contributed by atoms with Crippen LogP contribution >= 0.6 is 0 Å². The van der Waals surface area contributed by atoms with Crippen LogP contribution in [0.4, 0.5) is 0 Å². The molecule has 3 aromatic carbocycles. The van der Waals surface area contributed by atoms with E-state index in [-0.39, 0.29) is 24.3 Å². The molecule has 0 radical (unpaired) electrons. The number of hydrogen-bond donors (Lipinski definition) is 4. The van der Waals surface area contributed by atoms with E-state index in [0.29, 0.717) is 31.6 Å². The molecular formula is C41H47N5O4. The fourth-order valence-corrected chi connectivity index (χ4v) is 5.95. The van der Waals surface area contributed by atoms with Gasteiger partial charge in [0.05, 0.1) is 19.6 Å². The second kappa shape index (κ2) is 17.4. The Morgan fingerprint density at radius 3 is 2.28 bits per heavy atom. The molecule has 0 aliphatic carbocycles. The van der Waals surface area contributed by atoms with E-state index in [4.69, 9.17) is 4.74 Å². The smallest absolute Gasteiger partial charge is 0.251 e. The summed E-state index contributed by atoms with van der Waals surface area (Å²) in [6, 6.07) is 31.2. The van der Waals surface area contributed by atoms with Crippen molar-refractivity contribution in [1.82, 2.24) is 25.5 Å². The maximum Gasteiger partial charge on any atom is 0.251 e. The summed E-state index contributed by atoms with van der Waals surface area (Å²) < 4.78 is 7.34. The molecule has 0 fully saturated rings. The summed E-state index contributed by atoms with van der Waals surface area (Å²) >= 11 is 0. The summed E-state index contributed by atoms with van der Waals surface area (Å²) in [4.78, 5) is 29.9. The topological polar surface area (TPSA) is 118 Å². The molecule has 0 bridgehead atoms. The van der Waals surface area contributed by atoms with Gasteiger partial charge in [0.25, 0.3) is 5.91 Å². The van der Waals surface area contributed by atoms with E-state index in [1.54, 1.807) is 25.4 Å². The van der Waals surface area contributed by atoms with E-state index >= 15 is 0 Å². The highest BCUT2D eigenvalue weighted by atomic mass is 16.5. The molecule has 0 saturated carbocycles. The molecule has 0 aliphatic rings. The van der Waals surface area contributed by atoms with Gasteiger partial charge in [0, 0.05) is 54.4 Å². The van der Waals surface area contributed by atoms with Crippen LogP contribution in [0.1, 0.15) is 62.6 Å². The minimum atomic E-state index is -0.676. The molecule has 4 N–H and O–H groups in total. The molecule has 5 aromatic rings. The zero-order chi connectivity index (χ0) is 35.5. The number of aliphatic hydroxyl groups excluding tert-OH is 1.